The molecule has 0 aromatic heterocycles. The summed E-state index contributed by atoms with van der Waals surface area (Å²) in [5.74, 6) is 0. The third-order valence-electron chi connectivity index (χ3n) is 4.74. The van der Waals surface area contributed by atoms with E-state index in [0.717, 1.165) is 23.1 Å². The third kappa shape index (κ3) is 12.1. The number of aliphatic hydroxyl groups excluding tert-OH is 1. The van der Waals surface area contributed by atoms with Crippen molar-refractivity contribution in [1.82, 2.24) is 0 Å². The molecule has 144 valence electrons. The van der Waals surface area contributed by atoms with E-state index in [1.807, 2.05) is 18.2 Å². The number of quaternary nitrogens is 1. The van der Waals surface area contributed by atoms with E-state index in [-0.39, 0.29) is 0 Å². The lowest BCUT2D eigenvalue weighted by Gasteiger charge is -2.32. The average molecular weight is 351 g/mol. The molecule has 1 rings (SSSR count). The van der Waals surface area contributed by atoms with Gasteiger partial charge in [0.25, 0.3) is 0 Å². The number of benzene rings is 1. The van der Waals surface area contributed by atoms with Crippen LogP contribution < -0.4 is 0 Å². The van der Waals surface area contributed by atoms with E-state index in [2.05, 4.69) is 33.2 Å². The molecule has 0 spiro atoms. The number of likely N-dealkylation sites (N-methyl/N-ethyl adjacent to an activating group) is 1. The van der Waals surface area contributed by atoms with Crippen molar-refractivity contribution in [1.29, 1.82) is 0 Å². The first kappa shape index (κ1) is 22.1. The Morgan fingerprint density at radius 1 is 0.920 bits per heavy atom. The second-order valence-electron chi connectivity index (χ2n) is 7.97. The van der Waals surface area contributed by atoms with Crippen LogP contribution in [0.3, 0.4) is 0 Å². The molecule has 25 heavy (non-hydrogen) atoms. The van der Waals surface area contributed by atoms with Gasteiger partial charge in [0.05, 0.1) is 33.9 Å². The molecule has 1 aromatic rings. The van der Waals surface area contributed by atoms with Crippen LogP contribution in [0.4, 0.5) is 0 Å². The molecule has 1 unspecified atom stereocenters. The number of rotatable bonds is 15. The van der Waals surface area contributed by atoms with Crippen LogP contribution in [0.5, 0.6) is 0 Å². The van der Waals surface area contributed by atoms with Crippen molar-refractivity contribution in [2.24, 2.45) is 0 Å². The van der Waals surface area contributed by atoms with Crippen molar-refractivity contribution in [3.63, 3.8) is 0 Å². The molecule has 0 fully saturated rings. The quantitative estimate of drug-likeness (QED) is 0.364. The molecular weight excluding hydrogens is 310 g/mol. The van der Waals surface area contributed by atoms with Crippen LogP contribution in [0.25, 0.3) is 0 Å². The van der Waals surface area contributed by atoms with Gasteiger partial charge in [-0.15, -0.1) is 0 Å². The number of ether oxygens (including phenoxy) is 1. The first-order valence-electron chi connectivity index (χ1n) is 10.2. The van der Waals surface area contributed by atoms with Crippen LogP contribution in [0.2, 0.25) is 0 Å². The Labute approximate surface area is 155 Å². The molecule has 1 aromatic carbocycles. The molecule has 3 nitrogen and oxygen atoms in total. The van der Waals surface area contributed by atoms with Crippen molar-refractivity contribution < 1.29 is 14.3 Å². The SMILES string of the molecule is CCCCCCCCCC[N+](C)(C)CC(O)COCc1ccccc1. The fourth-order valence-corrected chi connectivity index (χ4v) is 3.28. The first-order valence-corrected chi connectivity index (χ1v) is 10.2. The Morgan fingerprint density at radius 2 is 1.52 bits per heavy atom. The highest BCUT2D eigenvalue weighted by Crippen LogP contribution is 2.11. The van der Waals surface area contributed by atoms with Gasteiger partial charge in [0.15, 0.2) is 0 Å². The van der Waals surface area contributed by atoms with Gasteiger partial charge in [0, 0.05) is 0 Å². The first-order chi connectivity index (χ1) is 12.0. The molecule has 0 amide bonds. The molecule has 0 bridgehead atoms. The van der Waals surface area contributed by atoms with E-state index in [4.69, 9.17) is 4.74 Å². The van der Waals surface area contributed by atoms with Gasteiger partial charge in [-0.05, 0) is 18.4 Å². The van der Waals surface area contributed by atoms with E-state index < -0.39 is 6.10 Å². The third-order valence-corrected chi connectivity index (χ3v) is 4.74. The lowest BCUT2D eigenvalue weighted by atomic mass is 10.1. The second kappa shape index (κ2) is 13.3. The van der Waals surface area contributed by atoms with Crippen molar-refractivity contribution in [2.75, 3.05) is 33.8 Å². The topological polar surface area (TPSA) is 29.5 Å². The molecule has 0 aliphatic heterocycles. The van der Waals surface area contributed by atoms with E-state index in [9.17, 15) is 5.11 Å². The van der Waals surface area contributed by atoms with E-state index >= 15 is 0 Å². The zero-order valence-corrected chi connectivity index (χ0v) is 16.8. The molecular formula is C22H40NO2+. The second-order valence-corrected chi connectivity index (χ2v) is 7.97. The Kier molecular flexibility index (Phi) is 11.8. The van der Waals surface area contributed by atoms with Crippen LogP contribution in [0.15, 0.2) is 30.3 Å². The maximum atomic E-state index is 10.2. The van der Waals surface area contributed by atoms with Crippen molar-refractivity contribution in [2.45, 2.75) is 71.0 Å². The van der Waals surface area contributed by atoms with Crippen molar-refractivity contribution >= 4 is 0 Å². The molecule has 0 saturated carbocycles. The highest BCUT2D eigenvalue weighted by molar-refractivity contribution is 5.13. The largest absolute Gasteiger partial charge is 0.385 e. The van der Waals surface area contributed by atoms with Gasteiger partial charge >= 0.3 is 0 Å². The summed E-state index contributed by atoms with van der Waals surface area (Å²) in [6, 6.07) is 10.1. The van der Waals surface area contributed by atoms with Gasteiger partial charge in [-0.25, -0.2) is 0 Å². The van der Waals surface area contributed by atoms with Crippen LogP contribution in [0.1, 0.15) is 63.9 Å². The van der Waals surface area contributed by atoms with Crippen LogP contribution in [0, 0.1) is 0 Å². The summed E-state index contributed by atoms with van der Waals surface area (Å²) in [4.78, 5) is 0. The van der Waals surface area contributed by atoms with E-state index in [0.29, 0.717) is 13.2 Å². The molecule has 0 radical (unpaired) electrons. The zero-order valence-electron chi connectivity index (χ0n) is 16.8. The predicted molar refractivity (Wildman–Crippen MR) is 107 cm³/mol. The summed E-state index contributed by atoms with van der Waals surface area (Å²) in [5, 5.41) is 10.2. The molecule has 0 aliphatic rings. The molecule has 1 atom stereocenters. The average Bonchev–Trinajstić information content (AvgIpc) is 2.57. The fourth-order valence-electron chi connectivity index (χ4n) is 3.28. The molecule has 0 heterocycles. The Balaban J connectivity index is 2.06. The van der Waals surface area contributed by atoms with Gasteiger partial charge in [0.2, 0.25) is 0 Å². The summed E-state index contributed by atoms with van der Waals surface area (Å²) in [7, 11) is 4.42. The number of hydrogen-bond donors (Lipinski definition) is 1. The highest BCUT2D eigenvalue weighted by atomic mass is 16.5. The van der Waals surface area contributed by atoms with Crippen molar-refractivity contribution in [3.8, 4) is 0 Å². The van der Waals surface area contributed by atoms with Gasteiger partial charge in [-0.2, -0.15) is 0 Å². The monoisotopic (exact) mass is 350 g/mol. The molecule has 0 saturated heterocycles. The van der Waals surface area contributed by atoms with Gasteiger partial charge in [-0.1, -0.05) is 75.8 Å². The molecule has 0 aliphatic carbocycles. The summed E-state index contributed by atoms with van der Waals surface area (Å²) < 4.78 is 6.52. The predicted octanol–water partition coefficient (Wildman–Crippen LogP) is 4.78. The normalized spacial score (nSPS) is 13.1. The number of aliphatic hydroxyl groups is 1. The highest BCUT2D eigenvalue weighted by Gasteiger charge is 2.20. The Bertz CT molecular complexity index is 419. The van der Waals surface area contributed by atoms with E-state index in [1.54, 1.807) is 0 Å². The smallest absolute Gasteiger partial charge is 0.126 e. The maximum absolute atomic E-state index is 10.2. The number of unbranched alkanes of at least 4 members (excludes halogenated alkanes) is 7. The summed E-state index contributed by atoms with van der Waals surface area (Å²) >= 11 is 0. The van der Waals surface area contributed by atoms with Gasteiger partial charge in [-0.3, -0.25) is 0 Å². The van der Waals surface area contributed by atoms with Crippen molar-refractivity contribution in [3.05, 3.63) is 35.9 Å². The summed E-state index contributed by atoms with van der Waals surface area (Å²) in [6.07, 6.45) is 10.4. The minimum atomic E-state index is -0.396. The minimum Gasteiger partial charge on any atom is -0.385 e. The van der Waals surface area contributed by atoms with Gasteiger partial charge in [0.1, 0.15) is 12.6 Å². The fraction of sp³-hybridized carbons (Fsp3) is 0.727. The van der Waals surface area contributed by atoms with Crippen LogP contribution in [-0.4, -0.2) is 49.5 Å². The standard InChI is InChI=1S/C22H40NO2/c1-4-5-6-7-8-9-10-14-17-23(2,3)18-22(24)20-25-19-21-15-12-11-13-16-21/h11-13,15-16,22,24H,4-10,14,17-20H2,1-3H3/q+1. The van der Waals surface area contributed by atoms with E-state index in [1.165, 1.54) is 51.4 Å². The summed E-state index contributed by atoms with van der Waals surface area (Å²) in [5.41, 5.74) is 1.15. The Hall–Kier alpha value is -0.900. The molecule has 3 heteroatoms. The van der Waals surface area contributed by atoms with Gasteiger partial charge < -0.3 is 14.3 Å². The molecule has 1 N–H and O–H groups in total. The maximum Gasteiger partial charge on any atom is 0.126 e. The Morgan fingerprint density at radius 3 is 2.16 bits per heavy atom. The lowest BCUT2D eigenvalue weighted by Crippen LogP contribution is -2.47. The summed E-state index contributed by atoms with van der Waals surface area (Å²) in [6.45, 7) is 5.13. The van der Waals surface area contributed by atoms with Crippen LogP contribution in [-0.2, 0) is 11.3 Å². The zero-order chi connectivity index (χ0) is 18.4. The number of nitrogens with zero attached hydrogens (tertiary/aromatic N) is 1. The lowest BCUT2D eigenvalue weighted by molar-refractivity contribution is -0.893. The minimum absolute atomic E-state index is 0.396. The van der Waals surface area contributed by atoms with Crippen LogP contribution >= 0.6 is 0 Å². The number of hydrogen-bond acceptors (Lipinski definition) is 2.